The number of hydrogen-bond donors (Lipinski definition) is 0. The minimum absolute atomic E-state index is 0.0656. The molecule has 4 rings (SSSR count). The highest BCUT2D eigenvalue weighted by Gasteiger charge is 2.36. The first-order chi connectivity index (χ1) is 13.0. The molecule has 0 aromatic carbocycles. The lowest BCUT2D eigenvalue weighted by molar-refractivity contribution is -0.126. The molecule has 2 amide bonds. The maximum Gasteiger partial charge on any atom is 0.289 e. The fraction of sp³-hybridized carbons (Fsp3) is 0.526. The number of piperidine rings is 1. The number of rotatable bonds is 3. The third kappa shape index (κ3) is 3.37. The van der Waals surface area contributed by atoms with Gasteiger partial charge in [-0.25, -0.2) is 0 Å². The largest absolute Gasteiger partial charge is 0.459 e. The number of anilines is 1. The van der Waals surface area contributed by atoms with E-state index in [0.29, 0.717) is 31.9 Å². The molecule has 2 aliphatic heterocycles. The molecule has 0 spiro atoms. The predicted molar refractivity (Wildman–Crippen MR) is 99.5 cm³/mol. The lowest BCUT2D eigenvalue weighted by Gasteiger charge is -2.42. The van der Waals surface area contributed by atoms with Crippen LogP contribution in [0.25, 0.3) is 0 Å². The molecule has 2 fully saturated rings. The van der Waals surface area contributed by atoms with E-state index in [1.54, 1.807) is 23.2 Å². The molecule has 0 N–H and O–H groups in total. The molecule has 0 saturated carbocycles. The average Bonchev–Trinajstić information content (AvgIpc) is 3.30. The van der Waals surface area contributed by atoms with Crippen molar-refractivity contribution in [3.8, 4) is 0 Å². The third-order valence-corrected chi connectivity index (χ3v) is 5.51. The summed E-state index contributed by atoms with van der Waals surface area (Å²) in [5.41, 5.74) is 1.71. The van der Waals surface area contributed by atoms with Crippen molar-refractivity contribution in [3.63, 3.8) is 0 Å². The van der Waals surface area contributed by atoms with Crippen LogP contribution in [0.1, 0.15) is 29.0 Å². The highest BCUT2D eigenvalue weighted by Crippen LogP contribution is 2.24. The van der Waals surface area contributed by atoms with Crippen molar-refractivity contribution in [2.24, 2.45) is 7.05 Å². The Morgan fingerprint density at radius 1 is 1.22 bits per heavy atom. The lowest BCUT2D eigenvalue weighted by atomic mass is 10.0. The molecule has 4 heterocycles. The Balaban J connectivity index is 1.39. The van der Waals surface area contributed by atoms with E-state index in [4.69, 9.17) is 4.42 Å². The molecule has 0 unspecified atom stereocenters. The van der Waals surface area contributed by atoms with Crippen molar-refractivity contribution < 1.29 is 14.0 Å². The summed E-state index contributed by atoms with van der Waals surface area (Å²) >= 11 is 0. The molecule has 2 saturated heterocycles. The van der Waals surface area contributed by atoms with E-state index in [2.05, 4.69) is 10.00 Å². The Kier molecular flexibility index (Phi) is 4.73. The number of carbonyl (C=O) groups excluding carboxylic acids is 2. The van der Waals surface area contributed by atoms with E-state index < -0.39 is 0 Å². The van der Waals surface area contributed by atoms with Gasteiger partial charge in [-0.15, -0.1) is 0 Å². The Bertz CT molecular complexity index is 834. The smallest absolute Gasteiger partial charge is 0.289 e. The molecular weight excluding hydrogens is 346 g/mol. The maximum absolute atomic E-state index is 13.0. The number of nitrogens with zero attached hydrogens (tertiary/aromatic N) is 5. The van der Waals surface area contributed by atoms with Crippen LogP contribution < -0.4 is 4.90 Å². The monoisotopic (exact) mass is 371 g/mol. The first-order valence-corrected chi connectivity index (χ1v) is 9.42. The zero-order valence-corrected chi connectivity index (χ0v) is 15.8. The summed E-state index contributed by atoms with van der Waals surface area (Å²) in [5, 5.41) is 4.18. The minimum atomic E-state index is -0.124. The van der Waals surface area contributed by atoms with E-state index >= 15 is 0 Å². The van der Waals surface area contributed by atoms with Gasteiger partial charge in [0, 0.05) is 51.5 Å². The van der Waals surface area contributed by atoms with Gasteiger partial charge in [-0.05, 0) is 25.8 Å². The van der Waals surface area contributed by atoms with E-state index in [0.717, 1.165) is 30.6 Å². The molecule has 0 bridgehead atoms. The van der Waals surface area contributed by atoms with Crippen molar-refractivity contribution in [1.29, 1.82) is 0 Å². The van der Waals surface area contributed by atoms with Crippen molar-refractivity contribution in [3.05, 3.63) is 36.0 Å². The molecule has 144 valence electrons. The fourth-order valence-electron chi connectivity index (χ4n) is 3.97. The highest BCUT2D eigenvalue weighted by molar-refractivity contribution is 5.97. The van der Waals surface area contributed by atoms with Gasteiger partial charge in [0.15, 0.2) is 5.76 Å². The molecule has 0 aliphatic carbocycles. The molecule has 27 heavy (non-hydrogen) atoms. The Labute approximate surface area is 158 Å². The average molecular weight is 371 g/mol. The second kappa shape index (κ2) is 7.19. The summed E-state index contributed by atoms with van der Waals surface area (Å²) in [6.45, 7) is 5.22. The van der Waals surface area contributed by atoms with Crippen molar-refractivity contribution in [2.45, 2.75) is 25.8 Å². The molecule has 2 aliphatic rings. The zero-order valence-electron chi connectivity index (χ0n) is 15.8. The Hall–Kier alpha value is -2.61. The van der Waals surface area contributed by atoms with Crippen molar-refractivity contribution in [1.82, 2.24) is 19.6 Å². The number of hydrogen-bond acceptors (Lipinski definition) is 5. The molecule has 2 aromatic rings. The van der Waals surface area contributed by atoms with E-state index in [1.807, 2.05) is 30.0 Å². The van der Waals surface area contributed by atoms with Gasteiger partial charge in [-0.2, -0.15) is 5.10 Å². The van der Waals surface area contributed by atoms with Gasteiger partial charge < -0.3 is 14.2 Å². The zero-order chi connectivity index (χ0) is 19.0. The molecule has 8 heteroatoms. The van der Waals surface area contributed by atoms with Gasteiger partial charge in [0.25, 0.3) is 5.91 Å². The van der Waals surface area contributed by atoms with Gasteiger partial charge in [0.05, 0.1) is 24.2 Å². The second-order valence-electron chi connectivity index (χ2n) is 7.28. The van der Waals surface area contributed by atoms with Gasteiger partial charge in [0.2, 0.25) is 5.91 Å². The minimum Gasteiger partial charge on any atom is -0.459 e. The van der Waals surface area contributed by atoms with Crippen LogP contribution in [-0.2, 0) is 11.8 Å². The van der Waals surface area contributed by atoms with Crippen LogP contribution in [0.2, 0.25) is 0 Å². The van der Waals surface area contributed by atoms with Crippen LogP contribution in [0.15, 0.2) is 29.1 Å². The standard InChI is InChI=1S/C19H25N5O3/c1-14-5-11-27-17(14)19(26)23-9-7-22(8-10-23)16-4-3-6-24(18(16)25)15-12-20-21(2)13-15/h5,11-13,16H,3-4,6-10H2,1-2H3/t16-/m0/s1. The summed E-state index contributed by atoms with van der Waals surface area (Å²) in [4.78, 5) is 31.5. The summed E-state index contributed by atoms with van der Waals surface area (Å²) in [6.07, 6.45) is 6.99. The Morgan fingerprint density at radius 2 is 2.00 bits per heavy atom. The van der Waals surface area contributed by atoms with Gasteiger partial charge in [-0.1, -0.05) is 0 Å². The highest BCUT2D eigenvalue weighted by atomic mass is 16.3. The number of carbonyl (C=O) groups is 2. The van der Waals surface area contributed by atoms with Gasteiger partial charge in [-0.3, -0.25) is 19.2 Å². The summed E-state index contributed by atoms with van der Waals surface area (Å²) in [5.74, 6) is 0.486. The van der Waals surface area contributed by atoms with Gasteiger partial charge >= 0.3 is 0 Å². The summed E-state index contributed by atoms with van der Waals surface area (Å²) in [6, 6.07) is 1.68. The predicted octanol–water partition coefficient (Wildman–Crippen LogP) is 1.27. The van der Waals surface area contributed by atoms with Gasteiger partial charge in [0.1, 0.15) is 0 Å². The first kappa shape index (κ1) is 17.8. The van der Waals surface area contributed by atoms with Crippen LogP contribution in [0, 0.1) is 6.92 Å². The van der Waals surface area contributed by atoms with Crippen LogP contribution in [0.5, 0.6) is 0 Å². The van der Waals surface area contributed by atoms with Crippen LogP contribution in [-0.4, -0.2) is 70.2 Å². The first-order valence-electron chi connectivity index (χ1n) is 9.42. The van der Waals surface area contributed by atoms with E-state index in [1.165, 1.54) is 0 Å². The number of aryl methyl sites for hydroxylation is 2. The van der Waals surface area contributed by atoms with E-state index in [-0.39, 0.29) is 17.9 Å². The SMILES string of the molecule is Cc1ccoc1C(=O)N1CCN([C@H]2CCCN(c3cnn(C)c3)C2=O)CC1. The molecule has 1 atom stereocenters. The normalized spacial score (nSPS) is 21.7. The van der Waals surface area contributed by atoms with Crippen LogP contribution in [0.3, 0.4) is 0 Å². The number of amides is 2. The van der Waals surface area contributed by atoms with Crippen LogP contribution in [0.4, 0.5) is 5.69 Å². The molecule has 0 radical (unpaired) electrons. The molecular formula is C19H25N5O3. The van der Waals surface area contributed by atoms with Crippen molar-refractivity contribution in [2.75, 3.05) is 37.6 Å². The quantitative estimate of drug-likeness (QED) is 0.812. The number of furan rings is 1. The summed E-state index contributed by atoms with van der Waals surface area (Å²) in [7, 11) is 1.85. The fourth-order valence-corrected chi connectivity index (χ4v) is 3.97. The second-order valence-corrected chi connectivity index (χ2v) is 7.28. The van der Waals surface area contributed by atoms with Crippen LogP contribution >= 0.6 is 0 Å². The summed E-state index contributed by atoms with van der Waals surface area (Å²) < 4.78 is 7.05. The number of piperazine rings is 1. The maximum atomic E-state index is 13.0. The van der Waals surface area contributed by atoms with E-state index in [9.17, 15) is 9.59 Å². The van der Waals surface area contributed by atoms with Crippen molar-refractivity contribution >= 4 is 17.5 Å². The number of aromatic nitrogens is 2. The molecule has 8 nitrogen and oxygen atoms in total. The third-order valence-electron chi connectivity index (χ3n) is 5.51. The topological polar surface area (TPSA) is 74.8 Å². The lowest BCUT2D eigenvalue weighted by Crippen LogP contribution is -2.58. The Morgan fingerprint density at radius 3 is 2.63 bits per heavy atom. The molecule has 2 aromatic heterocycles.